The maximum atomic E-state index is 6.09. The van der Waals surface area contributed by atoms with Crippen LogP contribution in [0.5, 0.6) is 5.75 Å². The van der Waals surface area contributed by atoms with Gasteiger partial charge in [-0.25, -0.2) is 9.97 Å². The summed E-state index contributed by atoms with van der Waals surface area (Å²) in [5, 5.41) is 14.7. The molecule has 8 nitrogen and oxygen atoms in total. The van der Waals surface area contributed by atoms with E-state index in [1.54, 1.807) is 11.8 Å². The van der Waals surface area contributed by atoms with Crippen molar-refractivity contribution in [2.24, 2.45) is 0 Å². The zero-order chi connectivity index (χ0) is 25.5. The first-order valence-corrected chi connectivity index (χ1v) is 14.2. The van der Waals surface area contributed by atoms with Crippen molar-refractivity contribution in [1.82, 2.24) is 25.5 Å². The first kappa shape index (κ1) is 25.4. The first-order chi connectivity index (χ1) is 18.2. The van der Waals surface area contributed by atoms with Gasteiger partial charge in [0.05, 0.1) is 6.61 Å². The lowest BCUT2D eigenvalue weighted by molar-refractivity contribution is 0.338. The van der Waals surface area contributed by atoms with Gasteiger partial charge < -0.3 is 20.3 Å². The average molecular weight is 534 g/mol. The Morgan fingerprint density at radius 2 is 1.76 bits per heavy atom. The average Bonchev–Trinajstić information content (AvgIpc) is 3.35. The highest BCUT2D eigenvalue weighted by Crippen LogP contribution is 2.38. The highest BCUT2D eigenvalue weighted by Gasteiger charge is 2.23. The maximum Gasteiger partial charge on any atom is 0.205 e. The molecule has 1 aliphatic rings. The molecular formula is C27H31N7OS2. The summed E-state index contributed by atoms with van der Waals surface area (Å²) in [5.41, 5.74) is 2.29. The SMILES string of the molecule is CCOc1c(Nc2cc(C)[nH]n2)nc(Sc2ccc(SCc3ccccc3)cc2)nc1N1CCNCC1. The van der Waals surface area contributed by atoms with Crippen molar-refractivity contribution >= 4 is 41.0 Å². The van der Waals surface area contributed by atoms with E-state index in [2.05, 4.69) is 74.3 Å². The number of H-pyrrole nitrogens is 1. The molecule has 0 radical (unpaired) electrons. The molecule has 0 aliphatic carbocycles. The Kier molecular flexibility index (Phi) is 8.49. The van der Waals surface area contributed by atoms with Crippen molar-refractivity contribution in [2.75, 3.05) is 43.0 Å². The minimum Gasteiger partial charge on any atom is -0.487 e. The predicted molar refractivity (Wildman–Crippen MR) is 151 cm³/mol. The van der Waals surface area contributed by atoms with Crippen LogP contribution in [0.25, 0.3) is 0 Å². The monoisotopic (exact) mass is 533 g/mol. The molecule has 0 atom stereocenters. The van der Waals surface area contributed by atoms with Crippen molar-refractivity contribution < 1.29 is 4.74 Å². The van der Waals surface area contributed by atoms with E-state index in [1.807, 2.05) is 37.7 Å². The maximum absolute atomic E-state index is 6.09. The third-order valence-electron chi connectivity index (χ3n) is 5.77. The summed E-state index contributed by atoms with van der Waals surface area (Å²) in [7, 11) is 0. The van der Waals surface area contributed by atoms with E-state index in [0.717, 1.165) is 48.3 Å². The number of thioether (sulfide) groups is 1. The lowest BCUT2D eigenvalue weighted by atomic mass is 10.2. The van der Waals surface area contributed by atoms with Gasteiger partial charge in [-0.15, -0.1) is 11.8 Å². The highest BCUT2D eigenvalue weighted by molar-refractivity contribution is 7.99. The van der Waals surface area contributed by atoms with Crippen molar-refractivity contribution in [2.45, 2.75) is 34.5 Å². The lowest BCUT2D eigenvalue weighted by Crippen LogP contribution is -2.44. The summed E-state index contributed by atoms with van der Waals surface area (Å²) in [4.78, 5) is 14.4. The van der Waals surface area contributed by atoms with Crippen LogP contribution in [-0.2, 0) is 5.75 Å². The second-order valence-electron chi connectivity index (χ2n) is 8.59. The molecule has 3 N–H and O–H groups in total. The fraction of sp³-hybridized carbons (Fsp3) is 0.296. The number of aromatic nitrogens is 4. The molecule has 37 heavy (non-hydrogen) atoms. The van der Waals surface area contributed by atoms with Crippen molar-refractivity contribution in [3.8, 4) is 5.75 Å². The lowest BCUT2D eigenvalue weighted by Gasteiger charge is -2.30. The second-order valence-corrected chi connectivity index (χ2v) is 10.7. The van der Waals surface area contributed by atoms with Crippen LogP contribution in [0.2, 0.25) is 0 Å². The predicted octanol–water partition coefficient (Wildman–Crippen LogP) is 5.50. The van der Waals surface area contributed by atoms with Crippen LogP contribution < -0.4 is 20.3 Å². The molecule has 2 aromatic carbocycles. The number of nitrogens with one attached hydrogen (secondary N) is 3. The number of hydrogen-bond acceptors (Lipinski definition) is 9. The van der Waals surface area contributed by atoms with Gasteiger partial charge in [-0.2, -0.15) is 5.10 Å². The second kappa shape index (κ2) is 12.4. The van der Waals surface area contributed by atoms with Crippen LogP contribution in [-0.4, -0.2) is 53.0 Å². The van der Waals surface area contributed by atoms with Crippen LogP contribution in [0.4, 0.5) is 17.5 Å². The molecule has 1 fully saturated rings. The van der Waals surface area contributed by atoms with Gasteiger partial charge in [0, 0.05) is 53.5 Å². The Balaban J connectivity index is 1.39. The highest BCUT2D eigenvalue weighted by atomic mass is 32.2. The van der Waals surface area contributed by atoms with Gasteiger partial charge in [0.25, 0.3) is 0 Å². The van der Waals surface area contributed by atoms with Crippen molar-refractivity contribution in [3.05, 3.63) is 71.9 Å². The summed E-state index contributed by atoms with van der Waals surface area (Å²) in [6, 6.07) is 21.1. The van der Waals surface area contributed by atoms with E-state index < -0.39 is 0 Å². The number of aromatic amines is 1. The number of benzene rings is 2. The Morgan fingerprint density at radius 1 is 1.00 bits per heavy atom. The molecular weight excluding hydrogens is 502 g/mol. The molecule has 0 bridgehead atoms. The molecule has 5 rings (SSSR count). The molecule has 2 aromatic heterocycles. The molecule has 10 heteroatoms. The largest absolute Gasteiger partial charge is 0.487 e. The number of anilines is 3. The van der Waals surface area contributed by atoms with Gasteiger partial charge in [0.15, 0.2) is 22.6 Å². The zero-order valence-corrected chi connectivity index (χ0v) is 22.7. The number of rotatable bonds is 10. The van der Waals surface area contributed by atoms with E-state index in [0.29, 0.717) is 29.1 Å². The fourth-order valence-corrected chi connectivity index (χ4v) is 5.58. The summed E-state index contributed by atoms with van der Waals surface area (Å²) in [6.45, 7) is 7.99. The molecule has 0 amide bonds. The molecule has 1 saturated heterocycles. The smallest absolute Gasteiger partial charge is 0.205 e. The molecule has 3 heterocycles. The van der Waals surface area contributed by atoms with E-state index in [-0.39, 0.29) is 0 Å². The van der Waals surface area contributed by atoms with Gasteiger partial charge in [-0.1, -0.05) is 30.3 Å². The van der Waals surface area contributed by atoms with Crippen LogP contribution >= 0.6 is 23.5 Å². The number of aryl methyl sites for hydroxylation is 1. The number of ether oxygens (including phenoxy) is 1. The van der Waals surface area contributed by atoms with Crippen LogP contribution in [0.3, 0.4) is 0 Å². The van der Waals surface area contributed by atoms with Crippen LogP contribution in [0.1, 0.15) is 18.2 Å². The minimum atomic E-state index is 0.519. The summed E-state index contributed by atoms with van der Waals surface area (Å²) >= 11 is 3.38. The summed E-state index contributed by atoms with van der Waals surface area (Å²) in [5.74, 6) is 3.73. The molecule has 0 spiro atoms. The number of hydrogen-bond donors (Lipinski definition) is 3. The van der Waals surface area contributed by atoms with Crippen molar-refractivity contribution in [3.63, 3.8) is 0 Å². The Morgan fingerprint density at radius 3 is 2.46 bits per heavy atom. The normalized spacial score (nSPS) is 13.5. The van der Waals surface area contributed by atoms with Gasteiger partial charge in [0.2, 0.25) is 5.75 Å². The Hall–Kier alpha value is -3.21. The van der Waals surface area contributed by atoms with E-state index in [1.165, 1.54) is 10.5 Å². The quantitative estimate of drug-likeness (QED) is 0.180. The molecule has 0 unspecified atom stereocenters. The van der Waals surface area contributed by atoms with Crippen LogP contribution in [0, 0.1) is 6.92 Å². The number of piperazine rings is 1. The topological polar surface area (TPSA) is 91.0 Å². The van der Waals surface area contributed by atoms with Gasteiger partial charge in [0.1, 0.15) is 0 Å². The van der Waals surface area contributed by atoms with E-state index in [4.69, 9.17) is 14.7 Å². The zero-order valence-electron chi connectivity index (χ0n) is 21.0. The van der Waals surface area contributed by atoms with Crippen molar-refractivity contribution in [1.29, 1.82) is 0 Å². The Bertz CT molecular complexity index is 1290. The standard InChI is InChI=1S/C27H31N7OS2/c1-3-35-24-25(29-23-17-19(2)32-33-23)30-27(31-26(24)34-15-13-28-14-16-34)37-22-11-9-21(10-12-22)36-18-20-7-5-4-6-8-20/h4-12,17,28H,3,13-16,18H2,1-2H3,(H2,29,30,31,32,33). The number of nitrogens with zero attached hydrogens (tertiary/aromatic N) is 4. The van der Waals surface area contributed by atoms with Gasteiger partial charge in [-0.05, 0) is 55.4 Å². The van der Waals surface area contributed by atoms with Gasteiger partial charge in [-0.3, -0.25) is 5.10 Å². The molecule has 4 aromatic rings. The third-order valence-corrected chi connectivity index (χ3v) is 7.72. The Labute approximate surface area is 226 Å². The van der Waals surface area contributed by atoms with Crippen LogP contribution in [0.15, 0.2) is 75.6 Å². The van der Waals surface area contributed by atoms with E-state index in [9.17, 15) is 0 Å². The summed E-state index contributed by atoms with van der Waals surface area (Å²) < 4.78 is 6.09. The van der Waals surface area contributed by atoms with Gasteiger partial charge >= 0.3 is 0 Å². The summed E-state index contributed by atoms with van der Waals surface area (Å²) in [6.07, 6.45) is 0. The molecule has 192 valence electrons. The fourth-order valence-electron chi connectivity index (χ4n) is 3.97. The first-order valence-electron chi connectivity index (χ1n) is 12.4. The molecule has 0 saturated carbocycles. The molecule has 1 aliphatic heterocycles. The third kappa shape index (κ3) is 6.76. The minimum absolute atomic E-state index is 0.519. The van der Waals surface area contributed by atoms with E-state index >= 15 is 0 Å².